The standard InChI is InChI=1S/C17H22FNO6/c1-17(2,3)25-15(20)9-11-8-12(18)10-14(16(11)19(21)22)24-13-4-6-23-7-5-13/h8,10,13H,4-7,9H2,1-3H3. The lowest BCUT2D eigenvalue weighted by Gasteiger charge is -2.23. The van der Waals surface area contributed by atoms with Crippen molar-refractivity contribution in [1.82, 2.24) is 0 Å². The molecule has 1 aromatic carbocycles. The number of halogens is 1. The van der Waals surface area contributed by atoms with Crippen molar-refractivity contribution in [3.63, 3.8) is 0 Å². The Hall–Kier alpha value is -2.22. The van der Waals surface area contributed by atoms with Crippen LogP contribution in [0.1, 0.15) is 39.2 Å². The first-order valence-corrected chi connectivity index (χ1v) is 8.09. The zero-order chi connectivity index (χ0) is 18.6. The Morgan fingerprint density at radius 3 is 2.56 bits per heavy atom. The summed E-state index contributed by atoms with van der Waals surface area (Å²) in [7, 11) is 0. The van der Waals surface area contributed by atoms with Gasteiger partial charge in [-0.1, -0.05) is 0 Å². The van der Waals surface area contributed by atoms with E-state index in [1.165, 1.54) is 0 Å². The van der Waals surface area contributed by atoms with Crippen LogP contribution in [-0.4, -0.2) is 35.8 Å². The highest BCUT2D eigenvalue weighted by molar-refractivity contribution is 5.75. The molecular formula is C17H22FNO6. The molecule has 0 N–H and O–H groups in total. The molecule has 0 saturated carbocycles. The van der Waals surface area contributed by atoms with Crippen molar-refractivity contribution in [3.05, 3.63) is 33.6 Å². The lowest BCUT2D eigenvalue weighted by Crippen LogP contribution is -2.27. The summed E-state index contributed by atoms with van der Waals surface area (Å²) in [6.45, 7) is 6.02. The van der Waals surface area contributed by atoms with Gasteiger partial charge in [-0.15, -0.1) is 0 Å². The maximum absolute atomic E-state index is 13.9. The molecule has 8 heteroatoms. The van der Waals surface area contributed by atoms with Gasteiger partial charge >= 0.3 is 11.7 Å². The summed E-state index contributed by atoms with van der Waals surface area (Å²) in [6.07, 6.45) is 0.434. The third-order valence-corrected chi connectivity index (χ3v) is 3.52. The average molecular weight is 355 g/mol. The average Bonchev–Trinajstić information content (AvgIpc) is 2.45. The van der Waals surface area contributed by atoms with Crippen molar-refractivity contribution in [2.24, 2.45) is 0 Å². The van der Waals surface area contributed by atoms with E-state index in [0.29, 0.717) is 26.1 Å². The molecule has 1 aromatic rings. The number of hydrogen-bond donors (Lipinski definition) is 0. The lowest BCUT2D eigenvalue weighted by atomic mass is 10.1. The van der Waals surface area contributed by atoms with Crippen molar-refractivity contribution in [1.29, 1.82) is 0 Å². The smallest absolute Gasteiger partial charge is 0.314 e. The fourth-order valence-corrected chi connectivity index (χ4v) is 2.57. The fourth-order valence-electron chi connectivity index (χ4n) is 2.57. The Morgan fingerprint density at radius 2 is 2.00 bits per heavy atom. The van der Waals surface area contributed by atoms with E-state index in [-0.39, 0.29) is 17.4 Å². The van der Waals surface area contributed by atoms with Crippen LogP contribution in [-0.2, 0) is 20.7 Å². The van der Waals surface area contributed by atoms with Crippen LogP contribution in [0, 0.1) is 15.9 Å². The van der Waals surface area contributed by atoms with Crippen LogP contribution in [0.4, 0.5) is 10.1 Å². The van der Waals surface area contributed by atoms with Crippen LogP contribution in [0.25, 0.3) is 0 Å². The highest BCUT2D eigenvalue weighted by atomic mass is 19.1. The van der Waals surface area contributed by atoms with Gasteiger partial charge < -0.3 is 14.2 Å². The summed E-state index contributed by atoms with van der Waals surface area (Å²) in [6, 6.07) is 1.95. The third-order valence-electron chi connectivity index (χ3n) is 3.52. The lowest BCUT2D eigenvalue weighted by molar-refractivity contribution is -0.386. The number of nitro groups is 1. The second-order valence-corrected chi connectivity index (χ2v) is 6.86. The second kappa shape index (κ2) is 7.77. The number of hydrogen-bond acceptors (Lipinski definition) is 6. The van der Waals surface area contributed by atoms with Crippen molar-refractivity contribution in [2.45, 2.75) is 51.7 Å². The van der Waals surface area contributed by atoms with Crippen molar-refractivity contribution in [3.8, 4) is 5.75 Å². The van der Waals surface area contributed by atoms with Gasteiger partial charge in [-0.05, 0) is 26.8 Å². The maximum atomic E-state index is 13.9. The molecule has 0 amide bonds. The summed E-state index contributed by atoms with van der Waals surface area (Å²) >= 11 is 0. The van der Waals surface area contributed by atoms with Crippen LogP contribution >= 0.6 is 0 Å². The summed E-state index contributed by atoms with van der Waals surface area (Å²) < 4.78 is 29.9. The molecule has 1 heterocycles. The van der Waals surface area contributed by atoms with Gasteiger partial charge in [-0.3, -0.25) is 14.9 Å². The van der Waals surface area contributed by atoms with Gasteiger partial charge in [0, 0.05) is 24.5 Å². The molecule has 7 nitrogen and oxygen atoms in total. The monoisotopic (exact) mass is 355 g/mol. The van der Waals surface area contributed by atoms with Crippen LogP contribution in [0.2, 0.25) is 0 Å². The second-order valence-electron chi connectivity index (χ2n) is 6.86. The SMILES string of the molecule is CC(C)(C)OC(=O)Cc1cc(F)cc(OC2CCOCC2)c1[N+](=O)[O-]. The van der Waals surface area contributed by atoms with E-state index in [2.05, 4.69) is 0 Å². The molecule has 0 radical (unpaired) electrons. The summed E-state index contributed by atoms with van der Waals surface area (Å²) in [5.41, 5.74) is -1.21. The molecule has 138 valence electrons. The molecule has 0 bridgehead atoms. The Morgan fingerprint density at radius 1 is 1.36 bits per heavy atom. The first-order valence-electron chi connectivity index (χ1n) is 8.09. The number of carbonyl (C=O) groups is 1. The number of nitrogens with zero attached hydrogens (tertiary/aromatic N) is 1. The largest absolute Gasteiger partial charge is 0.483 e. The number of nitro benzene ring substituents is 1. The Labute approximate surface area is 145 Å². The van der Waals surface area contributed by atoms with E-state index in [1.807, 2.05) is 0 Å². The van der Waals surface area contributed by atoms with E-state index >= 15 is 0 Å². The molecule has 0 unspecified atom stereocenters. The number of carbonyl (C=O) groups excluding carboxylic acids is 1. The topological polar surface area (TPSA) is 87.9 Å². The van der Waals surface area contributed by atoms with Crippen LogP contribution < -0.4 is 4.74 Å². The molecular weight excluding hydrogens is 333 g/mol. The molecule has 1 aliphatic rings. The minimum Gasteiger partial charge on any atom is -0.483 e. The van der Waals surface area contributed by atoms with E-state index in [1.54, 1.807) is 20.8 Å². The Kier molecular flexibility index (Phi) is 5.94. The van der Waals surface area contributed by atoms with Crippen molar-refractivity contribution in [2.75, 3.05) is 13.2 Å². The fraction of sp³-hybridized carbons (Fsp3) is 0.588. The number of esters is 1. The molecule has 0 aromatic heterocycles. The number of rotatable bonds is 5. The van der Waals surface area contributed by atoms with Gasteiger partial charge in [0.25, 0.3) is 0 Å². The predicted octanol–water partition coefficient (Wildman–Crippen LogP) is 3.18. The molecule has 2 rings (SSSR count). The first-order chi connectivity index (χ1) is 11.7. The Bertz CT molecular complexity index is 649. The minimum atomic E-state index is -0.736. The molecule has 1 saturated heterocycles. The van der Waals surface area contributed by atoms with Gasteiger partial charge in [-0.2, -0.15) is 0 Å². The van der Waals surface area contributed by atoms with Crippen LogP contribution in [0.3, 0.4) is 0 Å². The zero-order valence-electron chi connectivity index (χ0n) is 14.5. The third kappa shape index (κ3) is 5.67. The predicted molar refractivity (Wildman–Crippen MR) is 87.1 cm³/mol. The van der Waals surface area contributed by atoms with E-state index in [0.717, 1.165) is 12.1 Å². The number of ether oxygens (including phenoxy) is 3. The molecule has 0 atom stereocenters. The molecule has 1 fully saturated rings. The van der Waals surface area contributed by atoms with Gasteiger partial charge in [0.1, 0.15) is 17.5 Å². The van der Waals surface area contributed by atoms with Crippen LogP contribution in [0.15, 0.2) is 12.1 Å². The summed E-state index contributed by atoms with van der Waals surface area (Å²) in [5.74, 6) is -1.54. The zero-order valence-corrected chi connectivity index (χ0v) is 14.5. The van der Waals surface area contributed by atoms with Gasteiger partial charge in [0.2, 0.25) is 5.75 Å². The van der Waals surface area contributed by atoms with E-state index in [4.69, 9.17) is 14.2 Å². The van der Waals surface area contributed by atoms with Crippen molar-refractivity contribution >= 4 is 11.7 Å². The highest BCUT2D eigenvalue weighted by Gasteiger charge is 2.28. The molecule has 0 aliphatic carbocycles. The molecule has 1 aliphatic heterocycles. The summed E-state index contributed by atoms with van der Waals surface area (Å²) in [4.78, 5) is 22.8. The van der Waals surface area contributed by atoms with Crippen molar-refractivity contribution < 1.29 is 28.3 Å². The van der Waals surface area contributed by atoms with Gasteiger partial charge in [-0.25, -0.2) is 4.39 Å². The van der Waals surface area contributed by atoms with Crippen LogP contribution in [0.5, 0.6) is 5.75 Å². The first kappa shape index (κ1) is 19.1. The van der Waals surface area contributed by atoms with E-state index in [9.17, 15) is 19.3 Å². The van der Waals surface area contributed by atoms with Gasteiger partial charge in [0.05, 0.1) is 24.6 Å². The normalized spacial score (nSPS) is 15.7. The quantitative estimate of drug-likeness (QED) is 0.458. The Balaban J connectivity index is 2.28. The van der Waals surface area contributed by atoms with Gasteiger partial charge in [0.15, 0.2) is 0 Å². The number of benzene rings is 1. The maximum Gasteiger partial charge on any atom is 0.314 e. The molecule has 25 heavy (non-hydrogen) atoms. The summed E-state index contributed by atoms with van der Waals surface area (Å²) in [5, 5.41) is 11.5. The molecule has 0 spiro atoms. The van der Waals surface area contributed by atoms with E-state index < -0.39 is 34.4 Å². The highest BCUT2D eigenvalue weighted by Crippen LogP contribution is 2.34. The minimum absolute atomic E-state index is 0.0682.